The van der Waals surface area contributed by atoms with Gasteiger partial charge in [0.05, 0.1) is 41.9 Å². The van der Waals surface area contributed by atoms with E-state index >= 15 is 0 Å². The molecular weight excluding hydrogens is 485 g/mol. The van der Waals surface area contributed by atoms with Crippen molar-refractivity contribution in [1.29, 1.82) is 0 Å². The highest BCUT2D eigenvalue weighted by molar-refractivity contribution is 6.00. The number of fused-ring (bicyclic) bond motifs is 1. The maximum atomic E-state index is 13.9. The van der Waals surface area contributed by atoms with Crippen LogP contribution in [0.1, 0.15) is 54.1 Å². The number of aliphatic hydroxyl groups excluding tert-OH is 2. The number of hydrogen-bond donors (Lipinski definition) is 3. The van der Waals surface area contributed by atoms with Crippen molar-refractivity contribution < 1.29 is 24.5 Å². The summed E-state index contributed by atoms with van der Waals surface area (Å²) >= 11 is 0. The van der Waals surface area contributed by atoms with Crippen LogP contribution < -0.4 is 0 Å². The van der Waals surface area contributed by atoms with E-state index in [0.717, 1.165) is 57.5 Å². The van der Waals surface area contributed by atoms with E-state index in [0.29, 0.717) is 6.54 Å². The summed E-state index contributed by atoms with van der Waals surface area (Å²) in [6.07, 6.45) is 2.60. The molecule has 0 radical (unpaired) electrons. The zero-order valence-electron chi connectivity index (χ0n) is 21.1. The lowest BCUT2D eigenvalue weighted by Gasteiger charge is -2.16. The lowest BCUT2D eigenvalue weighted by Crippen LogP contribution is -2.19. The molecule has 1 saturated carbocycles. The first-order valence-electron chi connectivity index (χ1n) is 12.8. The number of aliphatic carboxylic acids is 1. The second kappa shape index (κ2) is 10.8. The van der Waals surface area contributed by atoms with Crippen LogP contribution in [0.25, 0.3) is 28.2 Å². The minimum atomic E-state index is -1.16. The van der Waals surface area contributed by atoms with E-state index in [2.05, 4.69) is 0 Å². The Morgan fingerprint density at radius 3 is 2.50 bits per heavy atom. The number of carbonyl (C=O) groups is 1. The van der Waals surface area contributed by atoms with Crippen molar-refractivity contribution in [2.75, 3.05) is 0 Å². The van der Waals surface area contributed by atoms with Gasteiger partial charge < -0.3 is 15.3 Å². The highest BCUT2D eigenvalue weighted by atomic mass is 19.1. The summed E-state index contributed by atoms with van der Waals surface area (Å²) in [5.41, 5.74) is 6.02. The van der Waals surface area contributed by atoms with E-state index < -0.39 is 24.6 Å². The third-order valence-corrected chi connectivity index (χ3v) is 6.80. The Morgan fingerprint density at radius 2 is 1.84 bits per heavy atom. The summed E-state index contributed by atoms with van der Waals surface area (Å²) in [7, 11) is 0. The molecule has 1 aliphatic rings. The lowest BCUT2D eigenvalue weighted by molar-refractivity contribution is -0.139. The van der Waals surface area contributed by atoms with E-state index in [1.165, 1.54) is 12.1 Å². The molecule has 2 unspecified atom stereocenters. The molecule has 1 aliphatic carbocycles. The molecule has 4 aromatic rings. The van der Waals surface area contributed by atoms with Crippen LogP contribution in [0, 0.1) is 12.7 Å². The predicted octanol–water partition coefficient (Wildman–Crippen LogP) is 5.07. The van der Waals surface area contributed by atoms with E-state index in [1.807, 2.05) is 41.9 Å². The SMILES string of the molecule is Cc1nn(Cc2ccccc2)c2nc(C3CC3)c(/C=C/C(O)CC(O)CC(=O)O)c(-c3ccc(F)cc3)c12. The maximum Gasteiger partial charge on any atom is 0.305 e. The molecule has 196 valence electrons. The van der Waals surface area contributed by atoms with Gasteiger partial charge in [0, 0.05) is 23.5 Å². The van der Waals surface area contributed by atoms with Crippen molar-refractivity contribution in [1.82, 2.24) is 14.8 Å². The normalized spacial score (nSPS) is 15.3. The number of halogens is 1. The van der Waals surface area contributed by atoms with Crippen LogP contribution in [0.4, 0.5) is 4.39 Å². The van der Waals surface area contributed by atoms with Gasteiger partial charge >= 0.3 is 5.97 Å². The maximum absolute atomic E-state index is 13.9. The Morgan fingerprint density at radius 1 is 1.13 bits per heavy atom. The summed E-state index contributed by atoms with van der Waals surface area (Å²) in [5.74, 6) is -1.20. The molecule has 8 heteroatoms. The Labute approximate surface area is 219 Å². The number of rotatable bonds is 10. The molecule has 2 atom stereocenters. The zero-order valence-corrected chi connectivity index (χ0v) is 21.1. The average molecular weight is 516 g/mol. The van der Waals surface area contributed by atoms with E-state index in [-0.39, 0.29) is 18.2 Å². The summed E-state index contributed by atoms with van der Waals surface area (Å²) in [6, 6.07) is 16.4. The van der Waals surface area contributed by atoms with Crippen molar-refractivity contribution in [2.24, 2.45) is 0 Å². The van der Waals surface area contributed by atoms with Gasteiger partial charge in [0.25, 0.3) is 0 Å². The number of benzene rings is 2. The number of pyridine rings is 1. The molecule has 7 nitrogen and oxygen atoms in total. The van der Waals surface area contributed by atoms with Crippen LogP contribution >= 0.6 is 0 Å². The van der Waals surface area contributed by atoms with Gasteiger partial charge in [-0.2, -0.15) is 5.10 Å². The molecule has 2 heterocycles. The molecule has 0 aliphatic heterocycles. The first kappa shape index (κ1) is 25.8. The Balaban J connectivity index is 1.65. The summed E-state index contributed by atoms with van der Waals surface area (Å²) in [5, 5.41) is 35.1. The topological polar surface area (TPSA) is 108 Å². The molecule has 38 heavy (non-hydrogen) atoms. The molecule has 2 aromatic carbocycles. The predicted molar refractivity (Wildman–Crippen MR) is 143 cm³/mol. The number of nitrogens with zero attached hydrogens (tertiary/aromatic N) is 3. The number of hydrogen-bond acceptors (Lipinski definition) is 5. The van der Waals surface area contributed by atoms with Crippen molar-refractivity contribution in [2.45, 2.75) is 57.3 Å². The summed E-state index contributed by atoms with van der Waals surface area (Å²) in [6.45, 7) is 2.49. The second-order valence-corrected chi connectivity index (χ2v) is 9.91. The van der Waals surface area contributed by atoms with Crippen LogP contribution in [0.15, 0.2) is 60.7 Å². The smallest absolute Gasteiger partial charge is 0.305 e. The molecule has 0 amide bonds. The van der Waals surface area contributed by atoms with Gasteiger partial charge in [-0.3, -0.25) is 4.79 Å². The van der Waals surface area contributed by atoms with Crippen molar-refractivity contribution >= 4 is 23.1 Å². The monoisotopic (exact) mass is 515 g/mol. The average Bonchev–Trinajstić information content (AvgIpc) is 3.67. The number of aliphatic hydroxyl groups is 2. The Hall–Kier alpha value is -3.88. The van der Waals surface area contributed by atoms with Crippen molar-refractivity contribution in [3.8, 4) is 11.1 Å². The van der Waals surface area contributed by atoms with Gasteiger partial charge in [0.2, 0.25) is 0 Å². The minimum absolute atomic E-state index is 0.100. The third kappa shape index (κ3) is 5.66. The standard InChI is InChI=1S/C30H30FN3O4/c1-18-27-28(20-9-11-22(31)12-10-20)25(14-13-23(35)15-24(36)16-26(37)38)29(21-7-8-21)32-30(27)34(33-18)17-19-5-3-2-4-6-19/h2-6,9-14,21,23-24,35-36H,7-8,15-17H2,1H3,(H,37,38)/b14-13+. The number of aromatic nitrogens is 3. The van der Waals surface area contributed by atoms with Crippen LogP contribution in [0.2, 0.25) is 0 Å². The fraction of sp³-hybridized carbons (Fsp3) is 0.300. The number of aryl methyl sites for hydroxylation is 1. The van der Waals surface area contributed by atoms with E-state index in [4.69, 9.17) is 15.2 Å². The molecule has 5 rings (SSSR count). The highest BCUT2D eigenvalue weighted by Gasteiger charge is 2.31. The van der Waals surface area contributed by atoms with Crippen molar-refractivity contribution in [3.63, 3.8) is 0 Å². The van der Waals surface area contributed by atoms with Gasteiger partial charge in [-0.15, -0.1) is 0 Å². The minimum Gasteiger partial charge on any atom is -0.481 e. The van der Waals surface area contributed by atoms with E-state index in [9.17, 15) is 19.4 Å². The molecule has 0 bridgehead atoms. The first-order chi connectivity index (χ1) is 18.3. The third-order valence-electron chi connectivity index (χ3n) is 6.80. The zero-order chi connectivity index (χ0) is 26.8. The van der Waals surface area contributed by atoms with Crippen LogP contribution in [-0.4, -0.2) is 48.3 Å². The Kier molecular flexibility index (Phi) is 7.35. The van der Waals surface area contributed by atoms with Gasteiger partial charge in [-0.1, -0.05) is 54.6 Å². The molecular formula is C30H30FN3O4. The van der Waals surface area contributed by atoms with Gasteiger partial charge in [0.1, 0.15) is 5.82 Å². The van der Waals surface area contributed by atoms with Gasteiger partial charge in [-0.25, -0.2) is 14.1 Å². The van der Waals surface area contributed by atoms with E-state index in [1.54, 1.807) is 24.3 Å². The van der Waals surface area contributed by atoms with Crippen LogP contribution in [-0.2, 0) is 11.3 Å². The van der Waals surface area contributed by atoms with Crippen LogP contribution in [0.5, 0.6) is 0 Å². The fourth-order valence-electron chi connectivity index (χ4n) is 4.88. The number of carboxylic acids is 1. The van der Waals surface area contributed by atoms with Crippen molar-refractivity contribution in [3.05, 3.63) is 89.0 Å². The number of carboxylic acid groups (broad SMARTS) is 1. The van der Waals surface area contributed by atoms with Gasteiger partial charge in [-0.05, 0) is 43.0 Å². The highest BCUT2D eigenvalue weighted by Crippen LogP contribution is 2.46. The van der Waals surface area contributed by atoms with Crippen LogP contribution in [0.3, 0.4) is 0 Å². The molecule has 0 spiro atoms. The quantitative estimate of drug-likeness (QED) is 0.272. The largest absolute Gasteiger partial charge is 0.481 e. The van der Waals surface area contributed by atoms with Gasteiger partial charge in [0.15, 0.2) is 5.65 Å². The summed E-state index contributed by atoms with van der Waals surface area (Å²) < 4.78 is 15.8. The molecule has 1 fully saturated rings. The first-order valence-corrected chi connectivity index (χ1v) is 12.8. The molecule has 2 aromatic heterocycles. The second-order valence-electron chi connectivity index (χ2n) is 9.91. The molecule has 0 saturated heterocycles. The summed E-state index contributed by atoms with van der Waals surface area (Å²) in [4.78, 5) is 16.0. The lowest BCUT2D eigenvalue weighted by atomic mass is 9.92. The Bertz CT molecular complexity index is 1480. The fourth-order valence-corrected chi connectivity index (χ4v) is 4.88. The molecule has 3 N–H and O–H groups in total.